The molecule has 0 bridgehead atoms. The Kier molecular flexibility index (Phi) is 4.60. The Bertz CT molecular complexity index is 600. The Morgan fingerprint density at radius 2 is 2.32 bits per heavy atom. The first-order valence-electron chi connectivity index (χ1n) is 5.48. The summed E-state index contributed by atoms with van der Waals surface area (Å²) in [5.41, 5.74) is 0.632. The van der Waals surface area contributed by atoms with Gasteiger partial charge in [-0.25, -0.2) is 4.98 Å². The molecule has 2 aromatic rings. The van der Waals surface area contributed by atoms with E-state index in [0.717, 1.165) is 10.3 Å². The molecular formula is C12H12BrN3O2S. The Morgan fingerprint density at radius 3 is 2.89 bits per heavy atom. The van der Waals surface area contributed by atoms with Gasteiger partial charge in [0, 0.05) is 5.56 Å². The fraction of sp³-hybridized carbons (Fsp3) is 0.250. The smallest absolute Gasteiger partial charge is 0.208 e. The lowest BCUT2D eigenvalue weighted by molar-refractivity contribution is 0.102. The van der Waals surface area contributed by atoms with Gasteiger partial charge in [0.05, 0.1) is 17.3 Å². The van der Waals surface area contributed by atoms with Crippen molar-refractivity contribution in [2.24, 2.45) is 0 Å². The minimum Gasteiger partial charge on any atom is -0.496 e. The molecule has 0 saturated heterocycles. The van der Waals surface area contributed by atoms with Gasteiger partial charge in [-0.3, -0.25) is 9.89 Å². The lowest BCUT2D eigenvalue weighted by Gasteiger charge is -2.05. The molecular weight excluding hydrogens is 330 g/mol. The number of aromatic amines is 1. The number of rotatable bonds is 5. The van der Waals surface area contributed by atoms with Gasteiger partial charge in [-0.15, -0.1) is 5.10 Å². The molecule has 0 saturated carbocycles. The summed E-state index contributed by atoms with van der Waals surface area (Å²) in [6.45, 7) is 1.82. The normalized spacial score (nSPS) is 10.5. The minimum absolute atomic E-state index is 0.0239. The second kappa shape index (κ2) is 6.21. The van der Waals surface area contributed by atoms with Crippen LogP contribution < -0.4 is 4.74 Å². The number of hydrogen-bond donors (Lipinski definition) is 1. The Labute approximate surface area is 123 Å². The molecule has 0 aliphatic carbocycles. The number of Topliss-reactive ketones (excluding diaryl/α,β-unsaturated/α-hetero) is 1. The van der Waals surface area contributed by atoms with E-state index >= 15 is 0 Å². The Balaban J connectivity index is 2.01. The van der Waals surface area contributed by atoms with Gasteiger partial charge >= 0.3 is 0 Å². The summed E-state index contributed by atoms with van der Waals surface area (Å²) in [5.74, 6) is 1.77. The van der Waals surface area contributed by atoms with Crippen LogP contribution in [0.5, 0.6) is 5.75 Å². The van der Waals surface area contributed by atoms with Crippen LogP contribution in [0.3, 0.4) is 0 Å². The van der Waals surface area contributed by atoms with E-state index in [0.29, 0.717) is 22.2 Å². The second-order valence-corrected chi connectivity index (χ2v) is 5.56. The standard InChI is InChI=1S/C12H12BrN3O2S/c1-7-14-12(16-15-7)19-6-10(17)8-3-4-11(18-2)9(13)5-8/h3-5H,6H2,1-2H3,(H,14,15,16). The lowest BCUT2D eigenvalue weighted by atomic mass is 10.1. The molecule has 7 heteroatoms. The van der Waals surface area contributed by atoms with Crippen LogP contribution in [0, 0.1) is 6.92 Å². The molecule has 0 amide bonds. The summed E-state index contributed by atoms with van der Waals surface area (Å²) < 4.78 is 5.89. The van der Waals surface area contributed by atoms with E-state index in [1.807, 2.05) is 6.92 Å². The van der Waals surface area contributed by atoms with Crippen LogP contribution >= 0.6 is 27.7 Å². The quantitative estimate of drug-likeness (QED) is 0.668. The number of ketones is 1. The summed E-state index contributed by atoms with van der Waals surface area (Å²) in [5, 5.41) is 7.29. The molecule has 1 N–H and O–H groups in total. The molecule has 19 heavy (non-hydrogen) atoms. The van der Waals surface area contributed by atoms with E-state index in [1.54, 1.807) is 25.3 Å². The van der Waals surface area contributed by atoms with Crippen LogP contribution in [0.1, 0.15) is 16.2 Å². The molecule has 0 atom stereocenters. The predicted molar refractivity (Wildman–Crippen MR) is 76.9 cm³/mol. The molecule has 2 rings (SSSR count). The number of halogens is 1. The number of thioether (sulfide) groups is 1. The van der Waals surface area contributed by atoms with Crippen molar-refractivity contribution >= 4 is 33.5 Å². The van der Waals surface area contributed by atoms with Gasteiger partial charge in [-0.1, -0.05) is 11.8 Å². The number of carbonyl (C=O) groups is 1. The number of carbonyl (C=O) groups excluding carboxylic acids is 1. The third kappa shape index (κ3) is 3.57. The van der Waals surface area contributed by atoms with Crippen molar-refractivity contribution in [1.82, 2.24) is 15.2 Å². The van der Waals surface area contributed by atoms with E-state index < -0.39 is 0 Å². The molecule has 5 nitrogen and oxygen atoms in total. The summed E-state index contributed by atoms with van der Waals surface area (Å²) in [6, 6.07) is 5.26. The third-order valence-corrected chi connectivity index (χ3v) is 3.85. The third-order valence-electron chi connectivity index (χ3n) is 2.38. The van der Waals surface area contributed by atoms with Crippen LogP contribution in [-0.4, -0.2) is 33.8 Å². The summed E-state index contributed by atoms with van der Waals surface area (Å²) in [7, 11) is 1.59. The van der Waals surface area contributed by atoms with E-state index in [2.05, 4.69) is 31.1 Å². The van der Waals surface area contributed by atoms with Gasteiger partial charge in [0.15, 0.2) is 5.78 Å². The van der Waals surface area contributed by atoms with Crippen molar-refractivity contribution < 1.29 is 9.53 Å². The first-order valence-corrected chi connectivity index (χ1v) is 7.26. The van der Waals surface area contributed by atoms with Gasteiger partial charge in [0.2, 0.25) is 5.16 Å². The fourth-order valence-corrected chi connectivity index (χ4v) is 2.72. The predicted octanol–water partition coefficient (Wildman–Crippen LogP) is 2.86. The first-order chi connectivity index (χ1) is 9.10. The zero-order valence-electron chi connectivity index (χ0n) is 10.4. The second-order valence-electron chi connectivity index (χ2n) is 3.76. The average Bonchev–Trinajstić information content (AvgIpc) is 2.81. The van der Waals surface area contributed by atoms with Crippen LogP contribution in [0.2, 0.25) is 0 Å². The van der Waals surface area contributed by atoms with Crippen molar-refractivity contribution in [3.63, 3.8) is 0 Å². The van der Waals surface area contributed by atoms with Crippen LogP contribution in [-0.2, 0) is 0 Å². The molecule has 0 fully saturated rings. The maximum absolute atomic E-state index is 12.0. The van der Waals surface area contributed by atoms with E-state index in [1.165, 1.54) is 11.8 Å². The number of methoxy groups -OCH3 is 1. The number of nitrogens with one attached hydrogen (secondary N) is 1. The summed E-state index contributed by atoms with van der Waals surface area (Å²) >= 11 is 4.67. The fourth-order valence-electron chi connectivity index (χ4n) is 1.44. The van der Waals surface area contributed by atoms with Gasteiger partial charge < -0.3 is 4.74 Å². The number of ether oxygens (including phenoxy) is 1. The molecule has 0 aliphatic rings. The highest BCUT2D eigenvalue weighted by atomic mass is 79.9. The topological polar surface area (TPSA) is 67.9 Å². The van der Waals surface area contributed by atoms with Gasteiger partial charge in [0.1, 0.15) is 11.6 Å². The Hall–Kier alpha value is -1.34. The molecule has 100 valence electrons. The highest BCUT2D eigenvalue weighted by molar-refractivity contribution is 9.10. The van der Waals surface area contributed by atoms with Crippen molar-refractivity contribution in [2.75, 3.05) is 12.9 Å². The van der Waals surface area contributed by atoms with Gasteiger partial charge in [-0.2, -0.15) is 0 Å². The maximum atomic E-state index is 12.0. The average molecular weight is 342 g/mol. The van der Waals surface area contributed by atoms with Gasteiger partial charge in [-0.05, 0) is 41.1 Å². The number of H-pyrrole nitrogens is 1. The van der Waals surface area contributed by atoms with Crippen molar-refractivity contribution in [1.29, 1.82) is 0 Å². The number of nitrogens with zero attached hydrogens (tertiary/aromatic N) is 2. The maximum Gasteiger partial charge on any atom is 0.208 e. The van der Waals surface area contributed by atoms with E-state index in [-0.39, 0.29) is 5.78 Å². The molecule has 0 aliphatic heterocycles. The van der Waals surface area contributed by atoms with Crippen molar-refractivity contribution in [3.05, 3.63) is 34.1 Å². The molecule has 0 radical (unpaired) electrons. The molecule has 1 heterocycles. The van der Waals surface area contributed by atoms with Crippen molar-refractivity contribution in [2.45, 2.75) is 12.1 Å². The number of hydrogen-bond acceptors (Lipinski definition) is 5. The van der Waals surface area contributed by atoms with E-state index in [4.69, 9.17) is 4.74 Å². The first kappa shape index (κ1) is 14.1. The van der Waals surface area contributed by atoms with Gasteiger partial charge in [0.25, 0.3) is 0 Å². The zero-order valence-corrected chi connectivity index (χ0v) is 12.8. The highest BCUT2D eigenvalue weighted by Gasteiger charge is 2.11. The van der Waals surface area contributed by atoms with Crippen LogP contribution in [0.15, 0.2) is 27.8 Å². The lowest BCUT2D eigenvalue weighted by Crippen LogP contribution is -2.03. The summed E-state index contributed by atoms with van der Waals surface area (Å²) in [4.78, 5) is 16.2. The van der Waals surface area contributed by atoms with Crippen molar-refractivity contribution in [3.8, 4) is 5.75 Å². The molecule has 1 aromatic heterocycles. The zero-order chi connectivity index (χ0) is 13.8. The van der Waals surface area contributed by atoms with Crippen LogP contribution in [0.4, 0.5) is 0 Å². The minimum atomic E-state index is 0.0239. The monoisotopic (exact) mass is 341 g/mol. The number of benzene rings is 1. The molecule has 0 unspecified atom stereocenters. The SMILES string of the molecule is COc1ccc(C(=O)CSc2n[nH]c(C)n2)cc1Br. The van der Waals surface area contributed by atoms with Crippen LogP contribution in [0.25, 0.3) is 0 Å². The summed E-state index contributed by atoms with van der Waals surface area (Å²) in [6.07, 6.45) is 0. The molecule has 1 aromatic carbocycles. The highest BCUT2D eigenvalue weighted by Crippen LogP contribution is 2.26. The number of aryl methyl sites for hydroxylation is 1. The molecule has 0 spiro atoms. The Morgan fingerprint density at radius 1 is 1.53 bits per heavy atom. The van der Waals surface area contributed by atoms with E-state index in [9.17, 15) is 4.79 Å². The number of aromatic nitrogens is 3. The largest absolute Gasteiger partial charge is 0.496 e.